The van der Waals surface area contributed by atoms with Crippen LogP contribution in [0.3, 0.4) is 0 Å². The third-order valence-corrected chi connectivity index (χ3v) is 8.90. The minimum atomic E-state index is -4.51. The van der Waals surface area contributed by atoms with Crippen LogP contribution in [0, 0.1) is 0 Å². The van der Waals surface area contributed by atoms with Crippen molar-refractivity contribution in [2.24, 2.45) is 0 Å². The van der Waals surface area contributed by atoms with Crippen LogP contribution in [0.15, 0.2) is 18.5 Å². The molecule has 0 atom stereocenters. The molecule has 1 aromatic heterocycles. The maximum Gasteiger partial charge on any atom is 0.408 e. The SMILES string of the molecule is CN1CCC(N(c2cnn(CC(F)(F)F)c2)S(=O)(=O)NC(=O)Nc2c3c(cc4c2CCC4)CCC3)CC1.[Na]. The number of alkyl halides is 3. The molecule has 2 heterocycles. The van der Waals surface area contributed by atoms with E-state index >= 15 is 0 Å². The van der Waals surface area contributed by atoms with Gasteiger partial charge < -0.3 is 10.2 Å². The molecule has 14 heteroatoms. The van der Waals surface area contributed by atoms with Gasteiger partial charge in [0.25, 0.3) is 0 Å². The minimum absolute atomic E-state index is 0. The average molecular weight is 564 g/mol. The smallest absolute Gasteiger partial charge is 0.307 e. The predicted octanol–water partition coefficient (Wildman–Crippen LogP) is 3.01. The first-order valence-corrected chi connectivity index (χ1v) is 14.0. The molecule has 0 saturated carbocycles. The number of nitrogens with zero attached hydrogens (tertiary/aromatic N) is 4. The fraction of sp³-hybridized carbons (Fsp3) is 0.583. The second-order valence-corrected chi connectivity index (χ2v) is 11.7. The van der Waals surface area contributed by atoms with Gasteiger partial charge in [0, 0.05) is 47.5 Å². The number of hydrogen-bond donors (Lipinski definition) is 2. The zero-order valence-corrected chi connectivity index (χ0v) is 24.5. The first kappa shape index (κ1) is 29.2. The molecule has 2 aliphatic carbocycles. The van der Waals surface area contributed by atoms with Crippen molar-refractivity contribution in [2.45, 2.75) is 70.1 Å². The molecular weight excluding hydrogens is 532 g/mol. The van der Waals surface area contributed by atoms with Gasteiger partial charge in [-0.2, -0.15) is 26.7 Å². The molecule has 203 valence electrons. The molecule has 9 nitrogen and oxygen atoms in total. The Balaban J connectivity index is 0.00000336. The number of hydrogen-bond acceptors (Lipinski definition) is 5. The van der Waals surface area contributed by atoms with Gasteiger partial charge in [-0.05, 0) is 93.8 Å². The molecule has 2 aromatic rings. The summed E-state index contributed by atoms with van der Waals surface area (Å²) in [7, 11) is -2.54. The number of anilines is 2. The molecule has 0 spiro atoms. The molecule has 2 amide bonds. The Kier molecular flexibility index (Phi) is 8.73. The number of aromatic nitrogens is 2. The van der Waals surface area contributed by atoms with Gasteiger partial charge in [0.2, 0.25) is 0 Å². The minimum Gasteiger partial charge on any atom is -0.307 e. The van der Waals surface area contributed by atoms with Crippen LogP contribution in [-0.4, -0.2) is 91.0 Å². The largest absolute Gasteiger partial charge is 0.408 e. The third-order valence-electron chi connectivity index (χ3n) is 7.43. The van der Waals surface area contributed by atoms with E-state index in [1.165, 1.54) is 11.1 Å². The fourth-order valence-corrected chi connectivity index (χ4v) is 7.14. The van der Waals surface area contributed by atoms with Crippen molar-refractivity contribution >= 4 is 57.2 Å². The molecule has 3 aliphatic rings. The van der Waals surface area contributed by atoms with Gasteiger partial charge in [0.1, 0.15) is 6.54 Å². The molecule has 1 radical (unpaired) electrons. The Morgan fingerprint density at radius 2 is 1.71 bits per heavy atom. The van der Waals surface area contributed by atoms with E-state index in [0.29, 0.717) is 36.3 Å². The molecule has 0 unspecified atom stereocenters. The number of urea groups is 1. The van der Waals surface area contributed by atoms with Crippen molar-refractivity contribution in [3.05, 3.63) is 40.7 Å². The summed E-state index contributed by atoms with van der Waals surface area (Å²) >= 11 is 0. The van der Waals surface area contributed by atoms with Crippen LogP contribution < -0.4 is 14.3 Å². The molecule has 1 fully saturated rings. The van der Waals surface area contributed by atoms with Gasteiger partial charge in [-0.25, -0.2) is 13.8 Å². The molecule has 2 N–H and O–H groups in total. The number of halogens is 3. The summed E-state index contributed by atoms with van der Waals surface area (Å²) in [6.45, 7) is -0.115. The summed E-state index contributed by atoms with van der Waals surface area (Å²) in [6.07, 6.45) is 4.05. The predicted molar refractivity (Wildman–Crippen MR) is 139 cm³/mol. The van der Waals surface area contributed by atoms with Crippen molar-refractivity contribution in [1.29, 1.82) is 0 Å². The summed E-state index contributed by atoms with van der Waals surface area (Å²) in [5.74, 6) is 0. The number of carbonyl (C=O) groups is 1. The number of piperidine rings is 1. The molecule has 1 aliphatic heterocycles. The Morgan fingerprint density at radius 1 is 1.11 bits per heavy atom. The Labute approximate surface area is 242 Å². The number of amides is 2. The number of benzene rings is 1. The monoisotopic (exact) mass is 563 g/mol. The summed E-state index contributed by atoms with van der Waals surface area (Å²) < 4.78 is 69.6. The van der Waals surface area contributed by atoms with E-state index in [2.05, 4.69) is 21.2 Å². The Bertz CT molecular complexity index is 1260. The maximum absolute atomic E-state index is 13.6. The van der Waals surface area contributed by atoms with Crippen LogP contribution in [0.5, 0.6) is 0 Å². The average Bonchev–Trinajstić information content (AvgIpc) is 3.54. The molecule has 38 heavy (non-hydrogen) atoms. The van der Waals surface area contributed by atoms with Gasteiger partial charge in [0.05, 0.1) is 11.9 Å². The van der Waals surface area contributed by atoms with Crippen LogP contribution in [0.1, 0.15) is 47.9 Å². The second-order valence-electron chi connectivity index (χ2n) is 10.1. The van der Waals surface area contributed by atoms with Crippen molar-refractivity contribution in [3.8, 4) is 0 Å². The molecule has 1 aromatic carbocycles. The van der Waals surface area contributed by atoms with Crippen LogP contribution in [-0.2, 0) is 42.4 Å². The first-order valence-electron chi connectivity index (χ1n) is 12.6. The molecular formula is C24H31F3N6NaO3S. The van der Waals surface area contributed by atoms with Crippen molar-refractivity contribution in [3.63, 3.8) is 0 Å². The molecule has 1 saturated heterocycles. The van der Waals surface area contributed by atoms with E-state index in [1.807, 2.05) is 11.9 Å². The number of carbonyl (C=O) groups excluding carboxylic acids is 1. The van der Waals surface area contributed by atoms with E-state index in [4.69, 9.17) is 0 Å². The van der Waals surface area contributed by atoms with Crippen LogP contribution in [0.2, 0.25) is 0 Å². The summed E-state index contributed by atoms with van der Waals surface area (Å²) in [5.41, 5.74) is 5.22. The van der Waals surface area contributed by atoms with Gasteiger partial charge in [0.15, 0.2) is 0 Å². The number of likely N-dealkylation sites (tertiary alicyclic amines) is 1. The number of fused-ring (bicyclic) bond motifs is 2. The van der Waals surface area contributed by atoms with E-state index in [0.717, 1.165) is 66.4 Å². The standard InChI is InChI=1S/C24H31F3N6O3S.Na/c1-31-10-8-18(9-11-31)33(19-13-28-32(14-19)15-24(25,26)27)37(35,36)30-23(34)29-22-20-6-2-4-16(20)12-17-5-3-7-21(17)22;/h12-14,18H,2-11,15H2,1H3,(H2,29,30,34);. The van der Waals surface area contributed by atoms with Crippen molar-refractivity contribution in [1.82, 2.24) is 19.4 Å². The summed E-state index contributed by atoms with van der Waals surface area (Å²) in [6, 6.07) is 0.801. The van der Waals surface area contributed by atoms with E-state index in [9.17, 15) is 26.4 Å². The van der Waals surface area contributed by atoms with Crippen molar-refractivity contribution < 1.29 is 26.4 Å². The maximum atomic E-state index is 13.6. The number of nitrogens with one attached hydrogen (secondary N) is 2. The third kappa shape index (κ3) is 6.33. The molecule has 5 rings (SSSR count). The zero-order valence-electron chi connectivity index (χ0n) is 21.6. The van der Waals surface area contributed by atoms with Gasteiger partial charge in [-0.15, -0.1) is 0 Å². The normalized spacial score (nSPS) is 18.0. The van der Waals surface area contributed by atoms with Gasteiger partial charge >= 0.3 is 22.4 Å². The topological polar surface area (TPSA) is 99.6 Å². The number of aryl methyl sites for hydroxylation is 2. The summed E-state index contributed by atoms with van der Waals surface area (Å²) in [4.78, 5) is 15.1. The van der Waals surface area contributed by atoms with Gasteiger partial charge in [-0.3, -0.25) is 4.68 Å². The second kappa shape index (κ2) is 11.4. The zero-order chi connectivity index (χ0) is 26.4. The van der Waals surface area contributed by atoms with Crippen LogP contribution in [0.4, 0.5) is 29.3 Å². The quantitative estimate of drug-likeness (QED) is 0.527. The van der Waals surface area contributed by atoms with Crippen molar-refractivity contribution in [2.75, 3.05) is 29.8 Å². The Hall–Kier alpha value is -1.80. The van der Waals surface area contributed by atoms with E-state index < -0.39 is 35.0 Å². The van der Waals surface area contributed by atoms with E-state index in [1.54, 1.807) is 0 Å². The van der Waals surface area contributed by atoms with Crippen LogP contribution in [0.25, 0.3) is 0 Å². The fourth-order valence-electron chi connectivity index (χ4n) is 5.78. The molecule has 0 bridgehead atoms. The van der Waals surface area contributed by atoms with E-state index in [-0.39, 0.29) is 35.2 Å². The Morgan fingerprint density at radius 3 is 2.29 bits per heavy atom. The summed E-state index contributed by atoms with van der Waals surface area (Å²) in [5, 5.41) is 6.54. The van der Waals surface area contributed by atoms with Crippen LogP contribution >= 0.6 is 0 Å². The number of rotatable bonds is 6. The first-order chi connectivity index (χ1) is 17.5. The van der Waals surface area contributed by atoms with Gasteiger partial charge in [-0.1, -0.05) is 6.07 Å².